The highest BCUT2D eigenvalue weighted by molar-refractivity contribution is 5.83. The number of amides is 2. The molecule has 0 saturated carbocycles. The third kappa shape index (κ3) is 4.34. The zero-order valence-electron chi connectivity index (χ0n) is 17.2. The van der Waals surface area contributed by atoms with Crippen LogP contribution in [0.3, 0.4) is 0 Å². The van der Waals surface area contributed by atoms with Crippen molar-refractivity contribution in [3.8, 4) is 0 Å². The number of likely N-dealkylation sites (N-methyl/N-ethyl adjacent to an activating group) is 1. The Morgan fingerprint density at radius 2 is 2.00 bits per heavy atom. The number of furan rings is 1. The molecular weight excluding hydrogens is 372 g/mol. The topological polar surface area (TPSA) is 89.3 Å². The predicted molar refractivity (Wildman–Crippen MR) is 107 cm³/mol. The molecular formula is C21H32N4O4. The van der Waals surface area contributed by atoms with Gasteiger partial charge in [0.2, 0.25) is 11.8 Å². The van der Waals surface area contributed by atoms with Crippen LogP contribution < -0.4 is 5.32 Å². The molecule has 4 heterocycles. The minimum Gasteiger partial charge on any atom is -0.462 e. The zero-order valence-corrected chi connectivity index (χ0v) is 17.2. The van der Waals surface area contributed by atoms with E-state index in [1.54, 1.807) is 6.07 Å². The third-order valence-electron chi connectivity index (χ3n) is 6.73. The maximum absolute atomic E-state index is 12.9. The van der Waals surface area contributed by atoms with Crippen LogP contribution >= 0.6 is 0 Å². The Bertz CT molecular complexity index is 730. The summed E-state index contributed by atoms with van der Waals surface area (Å²) in [5, 5.41) is 12.3. The van der Waals surface area contributed by atoms with Gasteiger partial charge in [-0.1, -0.05) is 0 Å². The Balaban J connectivity index is 1.38. The average Bonchev–Trinajstić information content (AvgIpc) is 3.46. The molecule has 160 valence electrons. The normalized spacial score (nSPS) is 28.4. The highest BCUT2D eigenvalue weighted by atomic mass is 16.4. The first-order valence-electron chi connectivity index (χ1n) is 10.8. The van der Waals surface area contributed by atoms with Crippen molar-refractivity contribution < 1.29 is 19.1 Å². The number of carbonyl (C=O) groups is 2. The van der Waals surface area contributed by atoms with Crippen molar-refractivity contribution in [1.29, 1.82) is 0 Å². The van der Waals surface area contributed by atoms with Gasteiger partial charge in [0.05, 0.1) is 6.54 Å². The van der Waals surface area contributed by atoms with Crippen LogP contribution in [0.2, 0.25) is 0 Å². The molecule has 0 aromatic carbocycles. The zero-order chi connectivity index (χ0) is 20.4. The number of likely N-dealkylation sites (tertiary alicyclic amines) is 2. The summed E-state index contributed by atoms with van der Waals surface area (Å²) in [4.78, 5) is 31.7. The summed E-state index contributed by atoms with van der Waals surface area (Å²) in [5.74, 6) is 1.61. The molecule has 0 spiro atoms. The Hall–Kier alpha value is -1.90. The van der Waals surface area contributed by atoms with E-state index in [1.165, 1.54) is 0 Å². The first-order valence-corrected chi connectivity index (χ1v) is 10.8. The average molecular weight is 405 g/mol. The molecule has 0 bridgehead atoms. The summed E-state index contributed by atoms with van der Waals surface area (Å²) in [5.41, 5.74) is 0. The van der Waals surface area contributed by atoms with Gasteiger partial charge in [0.25, 0.3) is 0 Å². The summed E-state index contributed by atoms with van der Waals surface area (Å²) in [7, 11) is 2.09. The molecule has 3 aliphatic heterocycles. The van der Waals surface area contributed by atoms with Crippen LogP contribution in [-0.2, 0) is 22.7 Å². The lowest BCUT2D eigenvalue weighted by molar-refractivity contribution is -0.130. The monoisotopic (exact) mass is 404 g/mol. The minimum absolute atomic E-state index is 0.0571. The summed E-state index contributed by atoms with van der Waals surface area (Å²) >= 11 is 0. The standard InChI is InChI=1S/C21H32N4O4/c1-23-15(4-7-19(27)24-9-2-3-10-24)12-22-21(28)20-18(23)8-11-25(20)13-16-5-6-17(14-26)29-16/h5-6,15,18,20,26H,2-4,7-14H2,1H3,(H,22,28)/t15-,18+,20-/m0/s1. The molecule has 0 radical (unpaired) electrons. The predicted octanol–water partition coefficient (Wildman–Crippen LogP) is 0.548. The maximum atomic E-state index is 12.9. The molecule has 1 aromatic rings. The van der Waals surface area contributed by atoms with Crippen molar-refractivity contribution in [3.63, 3.8) is 0 Å². The van der Waals surface area contributed by atoms with Gasteiger partial charge in [-0.05, 0) is 44.9 Å². The number of aliphatic hydroxyl groups excluding tert-OH is 1. The largest absolute Gasteiger partial charge is 0.462 e. The van der Waals surface area contributed by atoms with Crippen LogP contribution in [0.15, 0.2) is 16.5 Å². The third-order valence-corrected chi connectivity index (χ3v) is 6.73. The fourth-order valence-electron chi connectivity index (χ4n) is 5.03. The summed E-state index contributed by atoms with van der Waals surface area (Å²) in [6, 6.07) is 3.73. The second-order valence-corrected chi connectivity index (χ2v) is 8.49. The SMILES string of the molecule is CN1[C@@H](CCC(=O)N2CCCC2)CNC(=O)[C@@H]2[C@H]1CCN2Cc1ccc(CO)o1. The molecule has 3 aliphatic rings. The van der Waals surface area contributed by atoms with Crippen LogP contribution in [0.1, 0.15) is 43.6 Å². The van der Waals surface area contributed by atoms with Crippen molar-refractivity contribution >= 4 is 11.8 Å². The number of hydrogen-bond donors (Lipinski definition) is 2. The van der Waals surface area contributed by atoms with Crippen LogP contribution in [0, 0.1) is 0 Å². The summed E-state index contributed by atoms with van der Waals surface area (Å²) in [6.07, 6.45) is 4.45. The number of aliphatic hydroxyl groups is 1. The van der Waals surface area contributed by atoms with E-state index in [4.69, 9.17) is 4.42 Å². The van der Waals surface area contributed by atoms with Gasteiger partial charge in [0, 0.05) is 44.7 Å². The van der Waals surface area contributed by atoms with Gasteiger partial charge >= 0.3 is 0 Å². The van der Waals surface area contributed by atoms with Crippen LogP contribution in [0.5, 0.6) is 0 Å². The van der Waals surface area contributed by atoms with Gasteiger partial charge in [-0.25, -0.2) is 0 Å². The number of fused-ring (bicyclic) bond motifs is 1. The van der Waals surface area contributed by atoms with Gasteiger partial charge in [-0.15, -0.1) is 0 Å². The van der Waals surface area contributed by atoms with Crippen molar-refractivity contribution in [2.75, 3.05) is 33.2 Å². The Kier molecular flexibility index (Phi) is 6.22. The highest BCUT2D eigenvalue weighted by Crippen LogP contribution is 2.29. The first kappa shape index (κ1) is 20.4. The fraction of sp³-hybridized carbons (Fsp3) is 0.714. The minimum atomic E-state index is -0.220. The van der Waals surface area contributed by atoms with E-state index in [0.29, 0.717) is 25.3 Å². The van der Waals surface area contributed by atoms with Crippen molar-refractivity contribution in [2.45, 2.75) is 63.4 Å². The van der Waals surface area contributed by atoms with Gasteiger partial charge in [0.1, 0.15) is 24.2 Å². The summed E-state index contributed by atoms with van der Waals surface area (Å²) in [6.45, 7) is 3.62. The van der Waals surface area contributed by atoms with E-state index >= 15 is 0 Å². The van der Waals surface area contributed by atoms with Crippen LogP contribution in [0.4, 0.5) is 0 Å². The lowest BCUT2D eigenvalue weighted by atomic mass is 10.0. The van der Waals surface area contributed by atoms with E-state index < -0.39 is 0 Å². The number of carbonyl (C=O) groups excluding carboxylic acids is 2. The Morgan fingerprint density at radius 3 is 2.72 bits per heavy atom. The molecule has 3 fully saturated rings. The number of nitrogens with one attached hydrogen (secondary N) is 1. The van der Waals surface area contributed by atoms with Crippen molar-refractivity contribution in [2.24, 2.45) is 0 Å². The Morgan fingerprint density at radius 1 is 1.24 bits per heavy atom. The van der Waals surface area contributed by atoms with Gasteiger partial charge in [0.15, 0.2) is 0 Å². The molecule has 29 heavy (non-hydrogen) atoms. The second-order valence-electron chi connectivity index (χ2n) is 8.49. The van der Waals surface area contributed by atoms with E-state index in [2.05, 4.69) is 22.2 Å². The summed E-state index contributed by atoms with van der Waals surface area (Å²) < 4.78 is 5.62. The number of rotatable bonds is 6. The molecule has 2 N–H and O–H groups in total. The first-order chi connectivity index (χ1) is 14.1. The lowest BCUT2D eigenvalue weighted by Gasteiger charge is -2.33. The quantitative estimate of drug-likeness (QED) is 0.720. The van der Waals surface area contributed by atoms with E-state index in [1.807, 2.05) is 11.0 Å². The van der Waals surface area contributed by atoms with E-state index in [-0.39, 0.29) is 36.5 Å². The van der Waals surface area contributed by atoms with Crippen molar-refractivity contribution in [3.05, 3.63) is 23.7 Å². The molecule has 8 nitrogen and oxygen atoms in total. The molecule has 0 aliphatic carbocycles. The van der Waals surface area contributed by atoms with Gasteiger partial charge in [-0.3, -0.25) is 19.4 Å². The van der Waals surface area contributed by atoms with Crippen molar-refractivity contribution in [1.82, 2.24) is 20.0 Å². The maximum Gasteiger partial charge on any atom is 0.239 e. The molecule has 3 saturated heterocycles. The fourth-order valence-corrected chi connectivity index (χ4v) is 5.03. The Labute approximate surface area is 171 Å². The van der Waals surface area contributed by atoms with Crippen LogP contribution in [-0.4, -0.2) is 83.0 Å². The molecule has 3 atom stereocenters. The lowest BCUT2D eigenvalue weighted by Crippen LogP contribution is -2.49. The van der Waals surface area contributed by atoms with Gasteiger partial charge in [-0.2, -0.15) is 0 Å². The molecule has 8 heteroatoms. The molecule has 2 amide bonds. The second kappa shape index (κ2) is 8.85. The van der Waals surface area contributed by atoms with Gasteiger partial charge < -0.3 is 19.7 Å². The van der Waals surface area contributed by atoms with E-state index in [9.17, 15) is 14.7 Å². The van der Waals surface area contributed by atoms with Crippen LogP contribution in [0.25, 0.3) is 0 Å². The smallest absolute Gasteiger partial charge is 0.239 e. The number of nitrogens with zero attached hydrogens (tertiary/aromatic N) is 3. The van der Waals surface area contributed by atoms with E-state index in [0.717, 1.165) is 51.1 Å². The number of hydrogen-bond acceptors (Lipinski definition) is 6. The highest BCUT2D eigenvalue weighted by Gasteiger charge is 2.45. The molecule has 1 aromatic heterocycles. The molecule has 0 unspecified atom stereocenters. The molecule has 4 rings (SSSR count).